The number of fused-ring (bicyclic) bond motifs is 1. The van der Waals surface area contributed by atoms with E-state index in [4.69, 9.17) is 4.98 Å². The summed E-state index contributed by atoms with van der Waals surface area (Å²) in [5, 5.41) is 0. The van der Waals surface area contributed by atoms with Crippen molar-refractivity contribution < 1.29 is 12.4 Å². The van der Waals surface area contributed by atoms with Crippen LogP contribution in [0.2, 0.25) is 0 Å². The molecule has 0 saturated carbocycles. The largest absolute Gasteiger partial charge is 1.00 e. The van der Waals surface area contributed by atoms with Gasteiger partial charge in [-0.15, -0.1) is 0 Å². The molecule has 25 heavy (non-hydrogen) atoms. The number of nitrogens with zero attached hydrogens (tertiary/aromatic N) is 2. The molecule has 0 aliphatic heterocycles. The topological polar surface area (TPSA) is 17.8 Å². The lowest BCUT2D eigenvalue weighted by Gasteiger charge is -2.09. The van der Waals surface area contributed by atoms with E-state index < -0.39 is 0 Å². The summed E-state index contributed by atoms with van der Waals surface area (Å²) < 4.78 is 2.35. The Hall–Kier alpha value is -1.28. The van der Waals surface area contributed by atoms with Gasteiger partial charge in [-0.2, -0.15) is 0 Å². The molecule has 0 aliphatic carbocycles. The Morgan fingerprint density at radius 2 is 1.56 bits per heavy atom. The lowest BCUT2D eigenvalue weighted by Crippen LogP contribution is -3.00. The van der Waals surface area contributed by atoms with Crippen molar-refractivity contribution in [2.45, 2.75) is 84.6 Å². The molecule has 0 atom stereocenters. The molecule has 0 radical (unpaired) electrons. The number of para-hydroxylation sites is 2. The van der Waals surface area contributed by atoms with Crippen LogP contribution in [0.5, 0.6) is 0 Å². The van der Waals surface area contributed by atoms with Crippen molar-refractivity contribution in [3.8, 4) is 0 Å². The number of unbranched alkanes of at least 4 members (excludes halogenated alkanes) is 8. The predicted molar refractivity (Wildman–Crippen MR) is 105 cm³/mol. The first kappa shape index (κ1) is 21.8. The fourth-order valence-electron chi connectivity index (χ4n) is 3.36. The summed E-state index contributed by atoms with van der Waals surface area (Å²) in [5.41, 5.74) is 3.54. The fourth-order valence-corrected chi connectivity index (χ4v) is 3.36. The molecule has 1 aromatic heterocycles. The molecule has 2 aromatic rings. The van der Waals surface area contributed by atoms with Crippen LogP contribution in [0.3, 0.4) is 0 Å². The normalized spacial score (nSPS) is 10.8. The van der Waals surface area contributed by atoms with Crippen molar-refractivity contribution in [1.29, 1.82) is 0 Å². The smallest absolute Gasteiger partial charge is 0.110 e. The van der Waals surface area contributed by atoms with E-state index in [9.17, 15) is 0 Å². The minimum Gasteiger partial charge on any atom is -1.00 e. The summed E-state index contributed by atoms with van der Waals surface area (Å²) in [6.45, 7) is 9.34. The Morgan fingerprint density at radius 1 is 0.960 bits per heavy atom. The zero-order valence-corrected chi connectivity index (χ0v) is 16.8. The summed E-state index contributed by atoms with van der Waals surface area (Å²) in [6, 6.07) is 8.46. The number of aryl methyl sites for hydroxylation is 1. The molecule has 0 N–H and O–H groups in total. The van der Waals surface area contributed by atoms with Crippen LogP contribution in [0.25, 0.3) is 11.0 Å². The number of allylic oxidation sites excluding steroid dienone is 1. The van der Waals surface area contributed by atoms with Gasteiger partial charge in [0.15, 0.2) is 0 Å². The molecule has 140 valence electrons. The number of halogens is 1. The highest BCUT2D eigenvalue weighted by Crippen LogP contribution is 2.19. The van der Waals surface area contributed by atoms with Gasteiger partial charge in [-0.3, -0.25) is 0 Å². The SMILES string of the molecule is C=C(C)Cn1c(CCCCCCCCCCC)nc2ccccc21.[Cl-]. The maximum atomic E-state index is 4.86. The van der Waals surface area contributed by atoms with Crippen LogP contribution in [-0.4, -0.2) is 9.55 Å². The third kappa shape index (κ3) is 7.23. The van der Waals surface area contributed by atoms with Crippen molar-refractivity contribution in [2.24, 2.45) is 0 Å². The molecule has 0 bridgehead atoms. The third-order valence-electron chi connectivity index (χ3n) is 4.67. The molecule has 0 spiro atoms. The number of rotatable bonds is 12. The molecule has 3 heteroatoms. The van der Waals surface area contributed by atoms with Gasteiger partial charge in [0.25, 0.3) is 0 Å². The van der Waals surface area contributed by atoms with Crippen LogP contribution in [0.1, 0.15) is 77.5 Å². The summed E-state index contributed by atoms with van der Waals surface area (Å²) in [6.07, 6.45) is 13.4. The number of benzene rings is 1. The first-order valence-electron chi connectivity index (χ1n) is 9.81. The van der Waals surface area contributed by atoms with E-state index in [1.165, 1.54) is 74.7 Å². The summed E-state index contributed by atoms with van der Waals surface area (Å²) in [5.74, 6) is 1.22. The van der Waals surface area contributed by atoms with Gasteiger partial charge in [0, 0.05) is 13.0 Å². The molecule has 0 aliphatic rings. The van der Waals surface area contributed by atoms with E-state index in [0.29, 0.717) is 0 Å². The standard InChI is InChI=1S/C22H34N2.ClH/c1-4-5-6-7-8-9-10-11-12-17-22-23-20-15-13-14-16-21(20)24(22)18-19(2)3;/h13-16H,2,4-12,17-18H2,1,3H3;1H/p-1. The molecular formula is C22H34ClN2-. The first-order chi connectivity index (χ1) is 11.7. The molecule has 0 saturated heterocycles. The van der Waals surface area contributed by atoms with Crippen molar-refractivity contribution >= 4 is 11.0 Å². The average molecular weight is 362 g/mol. The van der Waals surface area contributed by atoms with E-state index in [1.807, 2.05) is 0 Å². The molecule has 1 aromatic carbocycles. The lowest BCUT2D eigenvalue weighted by molar-refractivity contribution is -0.00000530. The molecule has 0 amide bonds. The van der Waals surface area contributed by atoms with Crippen molar-refractivity contribution in [2.75, 3.05) is 0 Å². The van der Waals surface area contributed by atoms with Crippen molar-refractivity contribution in [1.82, 2.24) is 9.55 Å². The third-order valence-corrected chi connectivity index (χ3v) is 4.67. The average Bonchev–Trinajstić information content (AvgIpc) is 2.91. The number of imidazole rings is 1. The maximum Gasteiger partial charge on any atom is 0.110 e. The highest BCUT2D eigenvalue weighted by Gasteiger charge is 2.09. The van der Waals surface area contributed by atoms with Crippen LogP contribution in [0, 0.1) is 0 Å². The summed E-state index contributed by atoms with van der Waals surface area (Å²) in [4.78, 5) is 4.86. The van der Waals surface area contributed by atoms with E-state index in [-0.39, 0.29) is 12.4 Å². The Labute approximate surface area is 160 Å². The van der Waals surface area contributed by atoms with Crippen LogP contribution >= 0.6 is 0 Å². The van der Waals surface area contributed by atoms with Gasteiger partial charge in [-0.25, -0.2) is 4.98 Å². The van der Waals surface area contributed by atoms with Gasteiger partial charge < -0.3 is 17.0 Å². The predicted octanol–water partition coefficient (Wildman–Crippen LogP) is 3.69. The van der Waals surface area contributed by atoms with Crippen LogP contribution in [0.4, 0.5) is 0 Å². The second-order valence-electron chi connectivity index (χ2n) is 7.14. The Balaban J connectivity index is 0.00000312. The Bertz CT molecular complexity index is 630. The van der Waals surface area contributed by atoms with Gasteiger partial charge in [-0.1, -0.05) is 82.6 Å². The zero-order chi connectivity index (χ0) is 17.2. The van der Waals surface area contributed by atoms with Crippen molar-refractivity contribution in [3.63, 3.8) is 0 Å². The Morgan fingerprint density at radius 3 is 2.20 bits per heavy atom. The van der Waals surface area contributed by atoms with Gasteiger partial charge in [0.1, 0.15) is 5.82 Å². The van der Waals surface area contributed by atoms with E-state index in [0.717, 1.165) is 18.5 Å². The molecule has 2 rings (SSSR count). The number of hydrogen-bond acceptors (Lipinski definition) is 1. The van der Waals surface area contributed by atoms with Crippen LogP contribution < -0.4 is 12.4 Å². The minimum absolute atomic E-state index is 0. The minimum atomic E-state index is 0. The molecule has 0 unspecified atom stereocenters. The molecule has 2 nitrogen and oxygen atoms in total. The monoisotopic (exact) mass is 361 g/mol. The van der Waals surface area contributed by atoms with Gasteiger partial charge in [-0.05, 0) is 25.5 Å². The van der Waals surface area contributed by atoms with Crippen molar-refractivity contribution in [3.05, 3.63) is 42.2 Å². The second-order valence-corrected chi connectivity index (χ2v) is 7.14. The highest BCUT2D eigenvalue weighted by molar-refractivity contribution is 5.76. The van der Waals surface area contributed by atoms with Gasteiger partial charge in [0.2, 0.25) is 0 Å². The van der Waals surface area contributed by atoms with E-state index in [2.05, 4.69) is 49.3 Å². The second kappa shape index (κ2) is 12.1. The number of aromatic nitrogens is 2. The molecule has 0 fully saturated rings. The molecule has 1 heterocycles. The Kier molecular flexibility index (Phi) is 10.6. The highest BCUT2D eigenvalue weighted by atomic mass is 35.5. The number of hydrogen-bond donors (Lipinski definition) is 0. The fraction of sp³-hybridized carbons (Fsp3) is 0.591. The summed E-state index contributed by atoms with van der Waals surface area (Å²) >= 11 is 0. The van der Waals surface area contributed by atoms with Gasteiger partial charge in [0.05, 0.1) is 11.0 Å². The zero-order valence-electron chi connectivity index (χ0n) is 16.1. The van der Waals surface area contributed by atoms with E-state index in [1.54, 1.807) is 0 Å². The lowest BCUT2D eigenvalue weighted by atomic mass is 10.1. The van der Waals surface area contributed by atoms with Crippen LogP contribution in [0.15, 0.2) is 36.4 Å². The molecular weight excluding hydrogens is 328 g/mol. The van der Waals surface area contributed by atoms with Gasteiger partial charge >= 0.3 is 0 Å². The van der Waals surface area contributed by atoms with Crippen LogP contribution in [-0.2, 0) is 13.0 Å². The summed E-state index contributed by atoms with van der Waals surface area (Å²) in [7, 11) is 0. The maximum absolute atomic E-state index is 4.86. The quantitative estimate of drug-likeness (QED) is 0.416. The van der Waals surface area contributed by atoms with E-state index >= 15 is 0 Å². The first-order valence-corrected chi connectivity index (χ1v) is 9.81.